The molecule has 3 rings (SSSR count). The van der Waals surface area contributed by atoms with Crippen molar-refractivity contribution in [3.05, 3.63) is 34.4 Å². The third-order valence-electron chi connectivity index (χ3n) is 3.84. The number of carbonyl (C=O) groups excluding carboxylic acids is 1. The lowest BCUT2D eigenvalue weighted by Gasteiger charge is -2.18. The Bertz CT molecular complexity index is 663. The van der Waals surface area contributed by atoms with Crippen molar-refractivity contribution in [3.63, 3.8) is 0 Å². The minimum atomic E-state index is -0.147. The van der Waals surface area contributed by atoms with E-state index in [2.05, 4.69) is 20.2 Å². The molecule has 0 atom stereocenters. The number of aromatic nitrogens is 2. The summed E-state index contributed by atoms with van der Waals surface area (Å²) < 4.78 is 0. The second kappa shape index (κ2) is 6.95. The van der Waals surface area contributed by atoms with Crippen LogP contribution in [0.25, 0.3) is 0 Å². The van der Waals surface area contributed by atoms with Crippen LogP contribution < -0.4 is 10.2 Å². The first-order chi connectivity index (χ1) is 11.1. The molecule has 1 fully saturated rings. The molecule has 2 aromatic rings. The van der Waals surface area contributed by atoms with Crippen molar-refractivity contribution in [3.8, 4) is 0 Å². The van der Waals surface area contributed by atoms with Crippen LogP contribution in [-0.2, 0) is 6.54 Å². The molecule has 1 aliphatic rings. The van der Waals surface area contributed by atoms with Gasteiger partial charge in [-0.15, -0.1) is 11.3 Å². The zero-order valence-corrected chi connectivity index (χ0v) is 14.3. The summed E-state index contributed by atoms with van der Waals surface area (Å²) in [6, 6.07) is 3.73. The van der Waals surface area contributed by atoms with Crippen LogP contribution in [0.4, 0.5) is 16.3 Å². The van der Waals surface area contributed by atoms with E-state index in [0.717, 1.165) is 28.8 Å². The van der Waals surface area contributed by atoms with Gasteiger partial charge in [-0.05, 0) is 31.9 Å². The molecule has 0 aromatic carbocycles. The lowest BCUT2D eigenvalue weighted by Crippen LogP contribution is -2.30. The van der Waals surface area contributed by atoms with E-state index in [1.807, 2.05) is 25.3 Å². The smallest absolute Gasteiger partial charge is 0.321 e. The summed E-state index contributed by atoms with van der Waals surface area (Å²) in [5, 5.41) is 3.89. The largest absolute Gasteiger partial charge is 0.357 e. The number of rotatable bonds is 4. The van der Waals surface area contributed by atoms with Gasteiger partial charge in [0.2, 0.25) is 0 Å². The molecular formula is C16H21N5OS. The Morgan fingerprint density at radius 1 is 1.30 bits per heavy atom. The first-order valence-electron chi connectivity index (χ1n) is 7.76. The highest BCUT2D eigenvalue weighted by Crippen LogP contribution is 2.19. The molecule has 2 aromatic heterocycles. The number of urea groups is 1. The number of hydrogen-bond donors (Lipinski definition) is 1. The SMILES string of the molecule is Cc1ncc(CN(C)C(=O)Nc2ccc(N3CCCC3)nc2)s1. The topological polar surface area (TPSA) is 61.4 Å². The first kappa shape index (κ1) is 15.7. The van der Waals surface area contributed by atoms with Crippen molar-refractivity contribution in [2.45, 2.75) is 26.3 Å². The second-order valence-corrected chi connectivity index (χ2v) is 7.05. The molecule has 3 heterocycles. The minimum absolute atomic E-state index is 0.147. The Morgan fingerprint density at radius 2 is 2.09 bits per heavy atom. The molecule has 0 unspecified atom stereocenters. The van der Waals surface area contributed by atoms with Crippen LogP contribution in [0.1, 0.15) is 22.7 Å². The van der Waals surface area contributed by atoms with Crippen molar-refractivity contribution in [1.29, 1.82) is 0 Å². The molecule has 23 heavy (non-hydrogen) atoms. The van der Waals surface area contributed by atoms with Gasteiger partial charge >= 0.3 is 6.03 Å². The number of aryl methyl sites for hydroxylation is 1. The van der Waals surface area contributed by atoms with Gasteiger partial charge < -0.3 is 15.1 Å². The van der Waals surface area contributed by atoms with E-state index in [0.29, 0.717) is 12.2 Å². The number of thiazole rings is 1. The summed E-state index contributed by atoms with van der Waals surface area (Å²) in [5.41, 5.74) is 0.713. The van der Waals surface area contributed by atoms with Gasteiger partial charge in [0.1, 0.15) is 5.82 Å². The standard InChI is InChI=1S/C16H21N5OS/c1-12-17-10-14(23-12)11-20(2)16(22)19-13-5-6-15(18-9-13)21-7-3-4-8-21/h5-6,9-10H,3-4,7-8,11H2,1-2H3,(H,19,22). The van der Waals surface area contributed by atoms with Crippen LogP contribution >= 0.6 is 11.3 Å². The molecule has 1 saturated heterocycles. The number of amides is 2. The monoisotopic (exact) mass is 331 g/mol. The van der Waals surface area contributed by atoms with E-state index in [1.165, 1.54) is 12.8 Å². The maximum absolute atomic E-state index is 12.2. The van der Waals surface area contributed by atoms with Crippen molar-refractivity contribution in [2.75, 3.05) is 30.4 Å². The van der Waals surface area contributed by atoms with Crippen LogP contribution in [-0.4, -0.2) is 41.0 Å². The molecule has 1 aliphatic heterocycles. The highest BCUT2D eigenvalue weighted by molar-refractivity contribution is 7.11. The van der Waals surface area contributed by atoms with Crippen molar-refractivity contribution < 1.29 is 4.79 Å². The Hall–Kier alpha value is -2.15. The zero-order chi connectivity index (χ0) is 16.2. The average molecular weight is 331 g/mol. The minimum Gasteiger partial charge on any atom is -0.357 e. The van der Waals surface area contributed by atoms with E-state index in [-0.39, 0.29) is 6.03 Å². The molecule has 0 radical (unpaired) electrons. The van der Waals surface area contributed by atoms with E-state index in [9.17, 15) is 4.79 Å². The van der Waals surface area contributed by atoms with Gasteiger partial charge in [0.15, 0.2) is 0 Å². The molecular weight excluding hydrogens is 310 g/mol. The van der Waals surface area contributed by atoms with Crippen LogP contribution in [0, 0.1) is 6.92 Å². The van der Waals surface area contributed by atoms with E-state index < -0.39 is 0 Å². The molecule has 122 valence electrons. The average Bonchev–Trinajstić information content (AvgIpc) is 3.20. The van der Waals surface area contributed by atoms with Crippen LogP contribution in [0.15, 0.2) is 24.5 Å². The summed E-state index contributed by atoms with van der Waals surface area (Å²) in [4.78, 5) is 25.9. The summed E-state index contributed by atoms with van der Waals surface area (Å²) in [7, 11) is 1.77. The maximum atomic E-state index is 12.2. The molecule has 2 amide bonds. The Labute approximate surface area is 140 Å². The van der Waals surface area contributed by atoms with Gasteiger partial charge in [0.25, 0.3) is 0 Å². The summed E-state index contributed by atoms with van der Waals surface area (Å²) in [6.45, 7) is 4.64. The number of anilines is 2. The Balaban J connectivity index is 1.56. The van der Waals surface area contributed by atoms with E-state index in [1.54, 1.807) is 29.5 Å². The van der Waals surface area contributed by atoms with Crippen LogP contribution in [0.3, 0.4) is 0 Å². The zero-order valence-electron chi connectivity index (χ0n) is 13.5. The lowest BCUT2D eigenvalue weighted by atomic mass is 10.4. The molecule has 0 bridgehead atoms. The quantitative estimate of drug-likeness (QED) is 0.935. The van der Waals surface area contributed by atoms with Crippen molar-refractivity contribution >= 4 is 28.9 Å². The molecule has 0 saturated carbocycles. The fraction of sp³-hybridized carbons (Fsp3) is 0.438. The molecule has 0 aliphatic carbocycles. The number of pyridine rings is 1. The van der Waals surface area contributed by atoms with Crippen LogP contribution in [0.5, 0.6) is 0 Å². The Morgan fingerprint density at radius 3 is 2.70 bits per heavy atom. The normalized spacial score (nSPS) is 14.1. The number of nitrogens with one attached hydrogen (secondary N) is 1. The van der Waals surface area contributed by atoms with Crippen LogP contribution in [0.2, 0.25) is 0 Å². The molecule has 1 N–H and O–H groups in total. The maximum Gasteiger partial charge on any atom is 0.321 e. The number of nitrogens with zero attached hydrogens (tertiary/aromatic N) is 4. The molecule has 7 heteroatoms. The number of carbonyl (C=O) groups is 1. The summed E-state index contributed by atoms with van der Waals surface area (Å²) in [6.07, 6.45) is 5.98. The van der Waals surface area contributed by atoms with Gasteiger partial charge in [-0.1, -0.05) is 0 Å². The van der Waals surface area contributed by atoms with E-state index >= 15 is 0 Å². The highest BCUT2D eigenvalue weighted by Gasteiger charge is 2.14. The first-order valence-corrected chi connectivity index (χ1v) is 8.58. The summed E-state index contributed by atoms with van der Waals surface area (Å²) >= 11 is 1.61. The van der Waals surface area contributed by atoms with Crippen molar-refractivity contribution in [2.24, 2.45) is 0 Å². The lowest BCUT2D eigenvalue weighted by molar-refractivity contribution is 0.221. The van der Waals surface area contributed by atoms with Gasteiger partial charge in [-0.3, -0.25) is 0 Å². The Kier molecular flexibility index (Phi) is 4.76. The predicted octanol–water partition coefficient (Wildman–Crippen LogP) is 3.11. The highest BCUT2D eigenvalue weighted by atomic mass is 32.1. The predicted molar refractivity (Wildman–Crippen MR) is 93.0 cm³/mol. The third kappa shape index (κ3) is 3.98. The fourth-order valence-electron chi connectivity index (χ4n) is 2.60. The van der Waals surface area contributed by atoms with Gasteiger partial charge in [0.05, 0.1) is 23.4 Å². The molecule has 6 nitrogen and oxygen atoms in total. The van der Waals surface area contributed by atoms with Gasteiger partial charge in [-0.2, -0.15) is 0 Å². The van der Waals surface area contributed by atoms with Gasteiger partial charge in [-0.25, -0.2) is 14.8 Å². The third-order valence-corrected chi connectivity index (χ3v) is 4.74. The van der Waals surface area contributed by atoms with Gasteiger partial charge in [0, 0.05) is 31.2 Å². The summed E-state index contributed by atoms with van der Waals surface area (Å²) in [5.74, 6) is 0.981. The fourth-order valence-corrected chi connectivity index (χ4v) is 3.44. The van der Waals surface area contributed by atoms with E-state index in [4.69, 9.17) is 0 Å². The molecule has 0 spiro atoms. The van der Waals surface area contributed by atoms with Crippen molar-refractivity contribution in [1.82, 2.24) is 14.9 Å². The number of hydrogen-bond acceptors (Lipinski definition) is 5. The second-order valence-electron chi connectivity index (χ2n) is 5.73.